The highest BCUT2D eigenvalue weighted by Gasteiger charge is 2.02. The molecule has 0 aliphatic carbocycles. The van der Waals surface area contributed by atoms with Crippen LogP contribution in [0.15, 0.2) is 109 Å². The first-order valence-corrected chi connectivity index (χ1v) is 8.82. The number of benzene rings is 4. The van der Waals surface area contributed by atoms with Gasteiger partial charge in [-0.25, -0.2) is 0 Å². The summed E-state index contributed by atoms with van der Waals surface area (Å²) in [6, 6.07) is 35.7. The Kier molecular flexibility index (Phi) is 6.58. The van der Waals surface area contributed by atoms with Crippen LogP contribution in [0, 0.1) is 0 Å². The Hall–Kier alpha value is -3.85. The summed E-state index contributed by atoms with van der Waals surface area (Å²) in [5.41, 5.74) is 2.27. The van der Waals surface area contributed by atoms with Gasteiger partial charge in [-0.1, -0.05) is 60.7 Å². The summed E-state index contributed by atoms with van der Waals surface area (Å²) in [6.45, 7) is 2.00. The molecular weight excluding hydrogens is 348 g/mol. The van der Waals surface area contributed by atoms with Crippen LogP contribution in [0.5, 0.6) is 23.0 Å². The summed E-state index contributed by atoms with van der Waals surface area (Å²) in [5, 5.41) is 0. The smallest absolute Gasteiger partial charge is 0.127 e. The minimum atomic E-state index is 0.823. The molecule has 0 unspecified atom stereocenters. The molecule has 0 heterocycles. The van der Waals surface area contributed by atoms with Gasteiger partial charge in [-0.05, 0) is 59.7 Å². The Labute approximate surface area is 164 Å². The summed E-state index contributed by atoms with van der Waals surface area (Å²) < 4.78 is 11.7. The van der Waals surface area contributed by atoms with Crippen molar-refractivity contribution < 1.29 is 14.3 Å². The minimum Gasteiger partial charge on any atom is -0.457 e. The molecule has 3 heteroatoms. The lowest BCUT2D eigenvalue weighted by Gasteiger charge is -2.08. The number of hydrogen-bond acceptors (Lipinski definition) is 3. The maximum absolute atomic E-state index is 8.00. The molecule has 4 aromatic carbocycles. The maximum Gasteiger partial charge on any atom is 0.127 e. The Morgan fingerprint density at radius 1 is 0.393 bits per heavy atom. The molecule has 138 valence electrons. The summed E-state index contributed by atoms with van der Waals surface area (Å²) in [5.74, 6) is 3.32. The first-order valence-electron chi connectivity index (χ1n) is 8.82. The second-order valence-corrected chi connectivity index (χ2v) is 5.88. The van der Waals surface area contributed by atoms with Crippen molar-refractivity contribution in [1.29, 1.82) is 0 Å². The Morgan fingerprint density at radius 3 is 1.00 bits per heavy atom. The van der Waals surface area contributed by atoms with E-state index in [9.17, 15) is 0 Å². The van der Waals surface area contributed by atoms with Gasteiger partial charge in [0.25, 0.3) is 0 Å². The highest BCUT2D eigenvalue weighted by atomic mass is 16.5. The van der Waals surface area contributed by atoms with Gasteiger partial charge in [0.15, 0.2) is 0 Å². The quantitative estimate of drug-likeness (QED) is 0.391. The number of carbonyl (C=O) groups excluding carboxylic acids is 1. The van der Waals surface area contributed by atoms with Crippen LogP contribution in [0.4, 0.5) is 0 Å². The molecule has 0 fully saturated rings. The summed E-state index contributed by atoms with van der Waals surface area (Å²) in [7, 11) is 0. The zero-order valence-corrected chi connectivity index (χ0v) is 15.3. The van der Waals surface area contributed by atoms with E-state index in [2.05, 4.69) is 24.3 Å². The minimum absolute atomic E-state index is 0.823. The van der Waals surface area contributed by atoms with Crippen molar-refractivity contribution in [1.82, 2.24) is 0 Å². The first kappa shape index (κ1) is 18.9. The molecule has 0 aliphatic heterocycles. The van der Waals surface area contributed by atoms with Gasteiger partial charge in [-0.3, -0.25) is 0 Å². The largest absolute Gasteiger partial charge is 0.457 e. The van der Waals surface area contributed by atoms with Gasteiger partial charge in [0.2, 0.25) is 0 Å². The third-order valence-electron chi connectivity index (χ3n) is 4.00. The van der Waals surface area contributed by atoms with E-state index in [1.807, 2.05) is 91.7 Å². The summed E-state index contributed by atoms with van der Waals surface area (Å²) in [6.07, 6.45) is 0. The molecule has 4 rings (SSSR count). The number of hydrogen-bond donors (Lipinski definition) is 0. The summed E-state index contributed by atoms with van der Waals surface area (Å²) >= 11 is 0. The van der Waals surface area contributed by atoms with Crippen molar-refractivity contribution in [2.45, 2.75) is 0 Å². The molecule has 3 nitrogen and oxygen atoms in total. The van der Waals surface area contributed by atoms with E-state index >= 15 is 0 Å². The van der Waals surface area contributed by atoms with Gasteiger partial charge in [-0.2, -0.15) is 0 Å². The van der Waals surface area contributed by atoms with Gasteiger partial charge >= 0.3 is 0 Å². The average molecular weight is 368 g/mol. The van der Waals surface area contributed by atoms with Gasteiger partial charge in [0.1, 0.15) is 29.8 Å². The average Bonchev–Trinajstić information content (AvgIpc) is 2.78. The van der Waals surface area contributed by atoms with Crippen LogP contribution in [0.1, 0.15) is 0 Å². The van der Waals surface area contributed by atoms with E-state index in [-0.39, 0.29) is 0 Å². The molecule has 28 heavy (non-hydrogen) atoms. The van der Waals surface area contributed by atoms with Crippen LogP contribution in [-0.2, 0) is 4.79 Å². The van der Waals surface area contributed by atoms with Crippen molar-refractivity contribution in [3.8, 4) is 34.1 Å². The maximum atomic E-state index is 8.00. The summed E-state index contributed by atoms with van der Waals surface area (Å²) in [4.78, 5) is 8.00. The van der Waals surface area contributed by atoms with Gasteiger partial charge < -0.3 is 14.3 Å². The zero-order chi connectivity index (χ0) is 19.6. The predicted molar refractivity (Wildman–Crippen MR) is 112 cm³/mol. The van der Waals surface area contributed by atoms with Crippen molar-refractivity contribution >= 4 is 6.79 Å². The Morgan fingerprint density at radius 2 is 0.679 bits per heavy atom. The van der Waals surface area contributed by atoms with Crippen LogP contribution in [0.25, 0.3) is 11.1 Å². The van der Waals surface area contributed by atoms with Crippen molar-refractivity contribution in [2.75, 3.05) is 0 Å². The van der Waals surface area contributed by atoms with E-state index in [4.69, 9.17) is 14.3 Å². The van der Waals surface area contributed by atoms with E-state index in [1.165, 1.54) is 0 Å². The number of rotatable bonds is 5. The molecule has 0 saturated carbocycles. The van der Waals surface area contributed by atoms with E-state index in [0.717, 1.165) is 34.1 Å². The van der Waals surface area contributed by atoms with Crippen molar-refractivity contribution in [2.24, 2.45) is 0 Å². The second-order valence-electron chi connectivity index (χ2n) is 5.88. The molecule has 0 aromatic heterocycles. The highest BCUT2D eigenvalue weighted by Crippen LogP contribution is 2.28. The second kappa shape index (κ2) is 9.74. The third-order valence-corrected chi connectivity index (χ3v) is 4.00. The fraction of sp³-hybridized carbons (Fsp3) is 0. The van der Waals surface area contributed by atoms with Crippen LogP contribution < -0.4 is 9.47 Å². The lowest BCUT2D eigenvalue weighted by atomic mass is 10.1. The van der Waals surface area contributed by atoms with Crippen LogP contribution >= 0.6 is 0 Å². The van der Waals surface area contributed by atoms with E-state index < -0.39 is 0 Å². The SMILES string of the molecule is C=O.c1ccc(Oc2ccc(-c3ccc(Oc4ccccc4)cc3)cc2)cc1. The third kappa shape index (κ3) is 5.08. The highest BCUT2D eigenvalue weighted by molar-refractivity contribution is 5.65. The van der Waals surface area contributed by atoms with Crippen LogP contribution in [-0.4, -0.2) is 6.79 Å². The van der Waals surface area contributed by atoms with E-state index in [1.54, 1.807) is 0 Å². The molecule has 0 radical (unpaired) electrons. The van der Waals surface area contributed by atoms with Gasteiger partial charge in [0, 0.05) is 0 Å². The monoisotopic (exact) mass is 368 g/mol. The van der Waals surface area contributed by atoms with Gasteiger partial charge in [-0.15, -0.1) is 0 Å². The molecule has 0 aliphatic rings. The number of para-hydroxylation sites is 2. The lowest BCUT2D eigenvalue weighted by molar-refractivity contribution is -0.0979. The fourth-order valence-corrected chi connectivity index (χ4v) is 2.68. The standard InChI is InChI=1S/C24H18O2.CH2O/c1-3-7-21(8-4-1)25-23-15-11-19(12-16-23)20-13-17-24(18-14-20)26-22-9-5-2-6-10-22;1-2/h1-18H;1H2. The normalized spacial score (nSPS) is 9.71. The molecule has 4 aromatic rings. The molecule has 0 N–H and O–H groups in total. The molecule has 0 saturated heterocycles. The van der Waals surface area contributed by atoms with E-state index in [0.29, 0.717) is 0 Å². The number of ether oxygens (including phenoxy) is 2. The van der Waals surface area contributed by atoms with Crippen LogP contribution in [0.2, 0.25) is 0 Å². The predicted octanol–water partition coefficient (Wildman–Crippen LogP) is 6.75. The fourth-order valence-electron chi connectivity index (χ4n) is 2.68. The molecular formula is C25H20O3. The number of carbonyl (C=O) groups is 1. The van der Waals surface area contributed by atoms with Crippen molar-refractivity contribution in [3.63, 3.8) is 0 Å². The zero-order valence-electron chi connectivity index (χ0n) is 15.3. The van der Waals surface area contributed by atoms with Crippen LogP contribution in [0.3, 0.4) is 0 Å². The Bertz CT molecular complexity index is 881. The van der Waals surface area contributed by atoms with Crippen molar-refractivity contribution in [3.05, 3.63) is 109 Å². The first-order chi connectivity index (χ1) is 13.9. The molecule has 0 atom stereocenters. The topological polar surface area (TPSA) is 35.5 Å². The molecule has 0 bridgehead atoms. The lowest BCUT2D eigenvalue weighted by Crippen LogP contribution is -1.85. The molecule has 0 spiro atoms. The molecule has 0 amide bonds. The van der Waals surface area contributed by atoms with Gasteiger partial charge in [0.05, 0.1) is 0 Å². The Balaban J connectivity index is 0.00000109.